The highest BCUT2D eigenvalue weighted by Crippen LogP contribution is 2.24. The molecule has 2 unspecified atom stereocenters. The standard InChI is InChI=1S/C22H25NO5/c1-16-13-23(12-11-20(16)22(25)26)21(24)15-28-19-9-7-18(8-10-19)27-14-17-5-3-2-4-6-17/h2-10,16,20H,11-15H2,1H3,(H,25,26). The third-order valence-corrected chi connectivity index (χ3v) is 5.01. The number of rotatable bonds is 7. The fraction of sp³-hybridized carbons (Fsp3) is 0.364. The van der Waals surface area contributed by atoms with Crippen LogP contribution in [-0.2, 0) is 16.2 Å². The predicted molar refractivity (Wildman–Crippen MR) is 104 cm³/mol. The Morgan fingerprint density at radius 2 is 1.68 bits per heavy atom. The van der Waals surface area contributed by atoms with Crippen molar-refractivity contribution in [1.82, 2.24) is 4.90 Å². The predicted octanol–water partition coefficient (Wildman–Crippen LogP) is 3.21. The topological polar surface area (TPSA) is 76.1 Å². The van der Waals surface area contributed by atoms with Crippen LogP contribution in [-0.4, -0.2) is 41.6 Å². The van der Waals surface area contributed by atoms with Crippen molar-refractivity contribution >= 4 is 11.9 Å². The van der Waals surface area contributed by atoms with Crippen LogP contribution in [0.5, 0.6) is 11.5 Å². The fourth-order valence-corrected chi connectivity index (χ4v) is 3.35. The third-order valence-electron chi connectivity index (χ3n) is 5.01. The molecule has 1 N–H and O–H groups in total. The van der Waals surface area contributed by atoms with Crippen LogP contribution >= 0.6 is 0 Å². The number of ether oxygens (including phenoxy) is 2. The molecule has 2 aromatic carbocycles. The summed E-state index contributed by atoms with van der Waals surface area (Å²) in [5, 5.41) is 9.17. The minimum atomic E-state index is -0.787. The molecular formula is C22H25NO5. The number of hydrogen-bond acceptors (Lipinski definition) is 4. The lowest BCUT2D eigenvalue weighted by Crippen LogP contribution is -2.46. The SMILES string of the molecule is CC1CN(C(=O)COc2ccc(OCc3ccccc3)cc2)CCC1C(=O)O. The molecule has 0 aromatic heterocycles. The first-order valence-corrected chi connectivity index (χ1v) is 9.43. The molecule has 3 rings (SSSR count). The molecule has 0 bridgehead atoms. The first-order chi connectivity index (χ1) is 13.5. The maximum atomic E-state index is 12.3. The van der Waals surface area contributed by atoms with Gasteiger partial charge in [0.2, 0.25) is 0 Å². The van der Waals surface area contributed by atoms with Gasteiger partial charge < -0.3 is 19.5 Å². The van der Waals surface area contributed by atoms with E-state index in [1.54, 1.807) is 17.0 Å². The molecule has 1 aliphatic heterocycles. The second kappa shape index (κ2) is 9.26. The Balaban J connectivity index is 1.44. The van der Waals surface area contributed by atoms with E-state index in [0.29, 0.717) is 31.9 Å². The van der Waals surface area contributed by atoms with Gasteiger partial charge in [0.25, 0.3) is 5.91 Å². The van der Waals surface area contributed by atoms with E-state index in [2.05, 4.69) is 0 Å². The second-order valence-corrected chi connectivity index (χ2v) is 7.08. The number of aliphatic carboxylic acids is 1. The van der Waals surface area contributed by atoms with Crippen molar-refractivity contribution in [3.63, 3.8) is 0 Å². The molecule has 1 fully saturated rings. The van der Waals surface area contributed by atoms with E-state index >= 15 is 0 Å². The first-order valence-electron chi connectivity index (χ1n) is 9.43. The molecule has 0 radical (unpaired) electrons. The Hall–Kier alpha value is -3.02. The smallest absolute Gasteiger partial charge is 0.306 e. The molecule has 28 heavy (non-hydrogen) atoms. The summed E-state index contributed by atoms with van der Waals surface area (Å²) in [6.07, 6.45) is 0.482. The van der Waals surface area contributed by atoms with E-state index in [0.717, 1.165) is 11.3 Å². The van der Waals surface area contributed by atoms with Crippen molar-refractivity contribution < 1.29 is 24.2 Å². The monoisotopic (exact) mass is 383 g/mol. The van der Waals surface area contributed by atoms with E-state index in [9.17, 15) is 14.7 Å². The van der Waals surface area contributed by atoms with Crippen molar-refractivity contribution in [2.24, 2.45) is 11.8 Å². The molecule has 148 valence electrons. The molecule has 1 heterocycles. The number of carboxylic acids is 1. The molecule has 6 nitrogen and oxygen atoms in total. The summed E-state index contributed by atoms with van der Waals surface area (Å²) in [6, 6.07) is 17.1. The number of benzene rings is 2. The summed E-state index contributed by atoms with van der Waals surface area (Å²) in [7, 11) is 0. The van der Waals surface area contributed by atoms with E-state index in [1.165, 1.54) is 0 Å². The Morgan fingerprint density at radius 1 is 1.04 bits per heavy atom. The third kappa shape index (κ3) is 5.25. The van der Waals surface area contributed by atoms with E-state index in [1.807, 2.05) is 49.4 Å². The van der Waals surface area contributed by atoms with Crippen LogP contribution in [0.2, 0.25) is 0 Å². The minimum Gasteiger partial charge on any atom is -0.489 e. The molecule has 1 amide bonds. The molecule has 0 saturated carbocycles. The van der Waals surface area contributed by atoms with Gasteiger partial charge >= 0.3 is 5.97 Å². The van der Waals surface area contributed by atoms with Crippen LogP contribution in [0.1, 0.15) is 18.9 Å². The van der Waals surface area contributed by atoms with E-state index < -0.39 is 5.97 Å². The molecule has 0 aliphatic carbocycles. The largest absolute Gasteiger partial charge is 0.489 e. The number of likely N-dealkylation sites (tertiary alicyclic amines) is 1. The van der Waals surface area contributed by atoms with Crippen LogP contribution in [0, 0.1) is 11.8 Å². The zero-order valence-corrected chi connectivity index (χ0v) is 15.9. The van der Waals surface area contributed by atoms with Gasteiger partial charge in [-0.25, -0.2) is 0 Å². The van der Waals surface area contributed by atoms with Gasteiger partial charge in [-0.15, -0.1) is 0 Å². The van der Waals surface area contributed by atoms with Crippen molar-refractivity contribution in [2.45, 2.75) is 20.0 Å². The summed E-state index contributed by atoms with van der Waals surface area (Å²) in [4.78, 5) is 25.2. The van der Waals surface area contributed by atoms with Crippen molar-refractivity contribution in [3.05, 3.63) is 60.2 Å². The molecule has 6 heteroatoms. The highest BCUT2D eigenvalue weighted by molar-refractivity contribution is 5.78. The van der Waals surface area contributed by atoms with Crippen molar-refractivity contribution in [3.8, 4) is 11.5 Å². The van der Waals surface area contributed by atoms with Crippen LogP contribution in [0.25, 0.3) is 0 Å². The second-order valence-electron chi connectivity index (χ2n) is 7.08. The summed E-state index contributed by atoms with van der Waals surface area (Å²) >= 11 is 0. The van der Waals surface area contributed by atoms with Crippen LogP contribution in [0.4, 0.5) is 0 Å². The fourth-order valence-electron chi connectivity index (χ4n) is 3.35. The Labute approximate surface area is 164 Å². The highest BCUT2D eigenvalue weighted by Gasteiger charge is 2.32. The quantitative estimate of drug-likeness (QED) is 0.795. The average molecular weight is 383 g/mol. The maximum Gasteiger partial charge on any atom is 0.306 e. The number of hydrogen-bond donors (Lipinski definition) is 1. The lowest BCUT2D eigenvalue weighted by Gasteiger charge is -2.34. The molecule has 1 saturated heterocycles. The number of carbonyl (C=O) groups is 2. The van der Waals surface area contributed by atoms with Crippen LogP contribution < -0.4 is 9.47 Å². The van der Waals surface area contributed by atoms with Crippen LogP contribution in [0.3, 0.4) is 0 Å². The highest BCUT2D eigenvalue weighted by atomic mass is 16.5. The molecule has 2 aromatic rings. The van der Waals surface area contributed by atoms with E-state index in [-0.39, 0.29) is 24.3 Å². The van der Waals surface area contributed by atoms with Gasteiger partial charge in [0.15, 0.2) is 6.61 Å². The van der Waals surface area contributed by atoms with Crippen molar-refractivity contribution in [1.29, 1.82) is 0 Å². The van der Waals surface area contributed by atoms with E-state index in [4.69, 9.17) is 9.47 Å². The lowest BCUT2D eigenvalue weighted by atomic mass is 9.87. The van der Waals surface area contributed by atoms with Gasteiger partial charge in [-0.2, -0.15) is 0 Å². The normalized spacial score (nSPS) is 19.1. The minimum absolute atomic E-state index is 0.0590. The number of piperidine rings is 1. The van der Waals surface area contributed by atoms with Gasteiger partial charge in [0.05, 0.1) is 5.92 Å². The Kier molecular flexibility index (Phi) is 6.53. The number of nitrogens with zero attached hydrogens (tertiary/aromatic N) is 1. The molecule has 1 aliphatic rings. The zero-order chi connectivity index (χ0) is 19.9. The Morgan fingerprint density at radius 3 is 2.29 bits per heavy atom. The van der Waals surface area contributed by atoms with Gasteiger partial charge in [-0.1, -0.05) is 37.3 Å². The number of carbonyl (C=O) groups excluding carboxylic acids is 1. The molecule has 0 spiro atoms. The van der Waals surface area contributed by atoms with Crippen molar-refractivity contribution in [2.75, 3.05) is 19.7 Å². The average Bonchev–Trinajstić information content (AvgIpc) is 2.71. The summed E-state index contributed by atoms with van der Waals surface area (Å²) < 4.78 is 11.3. The first kappa shape index (κ1) is 19.7. The zero-order valence-electron chi connectivity index (χ0n) is 15.9. The number of carboxylic acid groups (broad SMARTS) is 1. The summed E-state index contributed by atoms with van der Waals surface area (Å²) in [5.74, 6) is -0.0314. The number of amides is 1. The summed E-state index contributed by atoms with van der Waals surface area (Å²) in [5.41, 5.74) is 1.09. The molecule has 2 atom stereocenters. The van der Waals surface area contributed by atoms with Gasteiger partial charge in [-0.05, 0) is 42.2 Å². The lowest BCUT2D eigenvalue weighted by molar-refractivity contribution is -0.148. The van der Waals surface area contributed by atoms with Gasteiger partial charge in [-0.3, -0.25) is 9.59 Å². The maximum absolute atomic E-state index is 12.3. The van der Waals surface area contributed by atoms with Gasteiger partial charge in [0.1, 0.15) is 18.1 Å². The Bertz CT molecular complexity index is 790. The van der Waals surface area contributed by atoms with Gasteiger partial charge in [0, 0.05) is 13.1 Å². The summed E-state index contributed by atoms with van der Waals surface area (Å²) in [6.45, 7) is 3.20. The molecular weight excluding hydrogens is 358 g/mol. The van der Waals surface area contributed by atoms with Crippen LogP contribution in [0.15, 0.2) is 54.6 Å².